The van der Waals surface area contributed by atoms with Crippen LogP contribution in [0.4, 0.5) is 0 Å². The average molecular weight is 268 g/mol. The fourth-order valence-electron chi connectivity index (χ4n) is 1.92. The number of nitrogens with zero attached hydrogens (tertiary/aromatic N) is 1. The third kappa shape index (κ3) is 3.53. The Kier molecular flexibility index (Phi) is 4.72. The van der Waals surface area contributed by atoms with Crippen molar-refractivity contribution in [3.8, 4) is 0 Å². The molecule has 0 spiro atoms. The lowest BCUT2D eigenvalue weighted by Gasteiger charge is -2.24. The Bertz CT molecular complexity index is 376. The summed E-state index contributed by atoms with van der Waals surface area (Å²) in [4.78, 5) is 14.2. The molecule has 1 atom stereocenters. The minimum absolute atomic E-state index is 0.0583. The van der Waals surface area contributed by atoms with Gasteiger partial charge in [-0.1, -0.05) is 0 Å². The molecule has 1 amide bonds. The number of carbonyl (C=O) groups excluding carboxylic acids is 1. The Morgan fingerprint density at radius 3 is 3.00 bits per heavy atom. The van der Waals surface area contributed by atoms with Crippen molar-refractivity contribution in [2.24, 2.45) is 5.73 Å². The minimum atomic E-state index is -0.381. The highest BCUT2D eigenvalue weighted by Crippen LogP contribution is 2.29. The van der Waals surface area contributed by atoms with Crippen molar-refractivity contribution in [3.05, 3.63) is 24.2 Å². The first kappa shape index (κ1) is 13.5. The van der Waals surface area contributed by atoms with Crippen molar-refractivity contribution in [2.45, 2.75) is 37.9 Å². The topological polar surface area (TPSA) is 59.5 Å². The summed E-state index contributed by atoms with van der Waals surface area (Å²) in [6.45, 7) is 0.545. The molecule has 1 aromatic rings. The molecule has 0 aromatic carbocycles. The van der Waals surface area contributed by atoms with Crippen LogP contribution in [0.5, 0.6) is 0 Å². The second kappa shape index (κ2) is 6.29. The van der Waals surface area contributed by atoms with Crippen LogP contribution in [0.1, 0.15) is 25.0 Å². The quantitative estimate of drug-likeness (QED) is 0.820. The highest BCUT2D eigenvalue weighted by atomic mass is 32.2. The predicted octanol–water partition coefficient (Wildman–Crippen LogP) is 1.85. The fourth-order valence-corrected chi connectivity index (χ4v) is 2.41. The first-order chi connectivity index (χ1) is 8.72. The summed E-state index contributed by atoms with van der Waals surface area (Å²) in [6.07, 6.45) is 6.57. The SMILES string of the molecule is CSCC[C@H](N)C(=O)N(Cc1ccco1)C1CC1. The molecule has 1 aromatic heterocycles. The van der Waals surface area contributed by atoms with Crippen molar-refractivity contribution < 1.29 is 9.21 Å². The van der Waals surface area contributed by atoms with E-state index >= 15 is 0 Å². The molecule has 1 fully saturated rings. The normalized spacial score (nSPS) is 16.6. The molecule has 1 saturated carbocycles. The van der Waals surface area contributed by atoms with E-state index < -0.39 is 0 Å². The second-order valence-electron chi connectivity index (χ2n) is 4.66. The van der Waals surface area contributed by atoms with E-state index in [4.69, 9.17) is 10.2 Å². The molecule has 2 N–H and O–H groups in total. The predicted molar refractivity (Wildman–Crippen MR) is 73.3 cm³/mol. The molecule has 5 heteroatoms. The Morgan fingerprint density at radius 1 is 1.67 bits per heavy atom. The third-order valence-electron chi connectivity index (χ3n) is 3.13. The summed E-state index contributed by atoms with van der Waals surface area (Å²) >= 11 is 1.72. The standard InChI is InChI=1S/C13H20N2O2S/c1-18-8-6-12(14)13(16)15(10-4-5-10)9-11-3-2-7-17-11/h2-3,7,10,12H,4-6,8-9,14H2,1H3/t12-/m0/s1. The Hall–Kier alpha value is -0.940. The summed E-state index contributed by atoms with van der Waals surface area (Å²) in [5.74, 6) is 1.81. The lowest BCUT2D eigenvalue weighted by atomic mass is 10.2. The van der Waals surface area contributed by atoms with Crippen LogP contribution in [0.15, 0.2) is 22.8 Å². The monoisotopic (exact) mass is 268 g/mol. The van der Waals surface area contributed by atoms with Crippen molar-refractivity contribution in [1.82, 2.24) is 4.90 Å². The van der Waals surface area contributed by atoms with Crippen LogP contribution in [0.25, 0.3) is 0 Å². The van der Waals surface area contributed by atoms with Crippen molar-refractivity contribution in [3.63, 3.8) is 0 Å². The third-order valence-corrected chi connectivity index (χ3v) is 3.77. The molecule has 2 rings (SSSR count). The zero-order valence-electron chi connectivity index (χ0n) is 10.7. The number of nitrogens with two attached hydrogens (primary N) is 1. The van der Waals surface area contributed by atoms with E-state index in [2.05, 4.69) is 0 Å². The van der Waals surface area contributed by atoms with Crippen LogP contribution in [-0.2, 0) is 11.3 Å². The lowest BCUT2D eigenvalue weighted by Crippen LogP contribution is -2.44. The van der Waals surface area contributed by atoms with E-state index in [9.17, 15) is 4.79 Å². The van der Waals surface area contributed by atoms with E-state index in [0.717, 1.165) is 30.8 Å². The Labute approximate surface area is 112 Å². The van der Waals surface area contributed by atoms with Gasteiger partial charge in [-0.05, 0) is 43.4 Å². The second-order valence-corrected chi connectivity index (χ2v) is 5.65. The maximum atomic E-state index is 12.3. The van der Waals surface area contributed by atoms with E-state index in [-0.39, 0.29) is 11.9 Å². The summed E-state index contributed by atoms with van der Waals surface area (Å²) in [5.41, 5.74) is 5.96. The van der Waals surface area contributed by atoms with Crippen molar-refractivity contribution >= 4 is 17.7 Å². The number of furan rings is 1. The van der Waals surface area contributed by atoms with Crippen LogP contribution in [0.3, 0.4) is 0 Å². The Balaban J connectivity index is 1.94. The summed E-state index contributed by atoms with van der Waals surface area (Å²) in [6, 6.07) is 3.73. The zero-order valence-corrected chi connectivity index (χ0v) is 11.5. The molecule has 0 saturated heterocycles. The van der Waals surface area contributed by atoms with E-state index in [1.54, 1.807) is 18.0 Å². The van der Waals surface area contributed by atoms with Gasteiger partial charge in [0.2, 0.25) is 5.91 Å². The molecule has 1 aliphatic carbocycles. The number of carbonyl (C=O) groups is 1. The highest BCUT2D eigenvalue weighted by molar-refractivity contribution is 7.98. The van der Waals surface area contributed by atoms with Crippen LogP contribution in [0, 0.1) is 0 Å². The molecule has 4 nitrogen and oxygen atoms in total. The molecule has 0 aliphatic heterocycles. The van der Waals surface area contributed by atoms with Gasteiger partial charge in [-0.15, -0.1) is 0 Å². The van der Waals surface area contributed by atoms with Gasteiger partial charge >= 0.3 is 0 Å². The van der Waals surface area contributed by atoms with Gasteiger partial charge in [0, 0.05) is 6.04 Å². The highest BCUT2D eigenvalue weighted by Gasteiger charge is 2.35. The Morgan fingerprint density at radius 2 is 2.44 bits per heavy atom. The molecule has 0 bridgehead atoms. The summed E-state index contributed by atoms with van der Waals surface area (Å²) < 4.78 is 5.31. The number of thioether (sulfide) groups is 1. The number of hydrogen-bond donors (Lipinski definition) is 1. The van der Waals surface area contributed by atoms with Gasteiger partial charge in [0.05, 0.1) is 18.8 Å². The molecule has 1 heterocycles. The molecule has 0 radical (unpaired) electrons. The lowest BCUT2D eigenvalue weighted by molar-refractivity contribution is -0.134. The van der Waals surface area contributed by atoms with Gasteiger partial charge in [0.15, 0.2) is 0 Å². The maximum Gasteiger partial charge on any atom is 0.240 e. The van der Waals surface area contributed by atoms with Gasteiger partial charge in [0.25, 0.3) is 0 Å². The minimum Gasteiger partial charge on any atom is -0.467 e. The van der Waals surface area contributed by atoms with E-state index in [1.807, 2.05) is 23.3 Å². The molecule has 18 heavy (non-hydrogen) atoms. The van der Waals surface area contributed by atoms with E-state index in [1.165, 1.54) is 0 Å². The van der Waals surface area contributed by atoms with Crippen LogP contribution >= 0.6 is 11.8 Å². The van der Waals surface area contributed by atoms with Crippen molar-refractivity contribution in [1.29, 1.82) is 0 Å². The smallest absolute Gasteiger partial charge is 0.240 e. The van der Waals surface area contributed by atoms with Gasteiger partial charge in [-0.2, -0.15) is 11.8 Å². The maximum absolute atomic E-state index is 12.3. The largest absolute Gasteiger partial charge is 0.467 e. The molecule has 100 valence electrons. The van der Waals surface area contributed by atoms with Crippen molar-refractivity contribution in [2.75, 3.05) is 12.0 Å². The van der Waals surface area contributed by atoms with Gasteiger partial charge in [-0.25, -0.2) is 0 Å². The molecular weight excluding hydrogens is 248 g/mol. The average Bonchev–Trinajstić information content (AvgIpc) is 3.09. The number of rotatable bonds is 7. The number of amides is 1. The van der Waals surface area contributed by atoms with E-state index in [0.29, 0.717) is 12.6 Å². The first-order valence-electron chi connectivity index (χ1n) is 6.29. The summed E-state index contributed by atoms with van der Waals surface area (Å²) in [5, 5.41) is 0. The van der Waals surface area contributed by atoms with Crippen LogP contribution in [-0.4, -0.2) is 34.9 Å². The number of hydrogen-bond acceptors (Lipinski definition) is 4. The molecular formula is C13H20N2O2S. The summed E-state index contributed by atoms with van der Waals surface area (Å²) in [7, 11) is 0. The molecule has 1 aliphatic rings. The van der Waals surface area contributed by atoms with Gasteiger partial charge in [-0.3, -0.25) is 4.79 Å². The fraction of sp³-hybridized carbons (Fsp3) is 0.615. The van der Waals surface area contributed by atoms with Crippen LogP contribution < -0.4 is 5.73 Å². The first-order valence-corrected chi connectivity index (χ1v) is 7.69. The van der Waals surface area contributed by atoms with Gasteiger partial charge in [0.1, 0.15) is 5.76 Å². The van der Waals surface area contributed by atoms with Crippen LogP contribution in [0.2, 0.25) is 0 Å². The molecule has 0 unspecified atom stereocenters. The zero-order chi connectivity index (χ0) is 13.0. The van der Waals surface area contributed by atoms with Gasteiger partial charge < -0.3 is 15.1 Å².